The summed E-state index contributed by atoms with van der Waals surface area (Å²) in [7, 11) is 1.60. The average molecular weight is 455 g/mol. The van der Waals surface area contributed by atoms with Crippen LogP contribution in [-0.4, -0.2) is 33.5 Å². The maximum Gasteiger partial charge on any atom is 0.234 e. The summed E-state index contributed by atoms with van der Waals surface area (Å²) in [4.78, 5) is 12.4. The number of rotatable bonds is 8. The molecule has 2 aromatic carbocycles. The highest BCUT2D eigenvalue weighted by Crippen LogP contribution is 2.30. The summed E-state index contributed by atoms with van der Waals surface area (Å²) in [6.45, 7) is 4.28. The summed E-state index contributed by atoms with van der Waals surface area (Å²) in [6, 6.07) is 14.4. The SMILES string of the molecule is C=CCn1c(SCC(=O)Nc2ccc(OC)cc2)nnc1-c1cc2cc(Cl)ccc2o1. The van der Waals surface area contributed by atoms with E-state index < -0.39 is 0 Å². The van der Waals surface area contributed by atoms with Crippen molar-refractivity contribution >= 4 is 45.9 Å². The normalized spacial score (nSPS) is 10.9. The van der Waals surface area contributed by atoms with E-state index in [1.165, 1.54) is 11.8 Å². The lowest BCUT2D eigenvalue weighted by Gasteiger charge is -2.07. The van der Waals surface area contributed by atoms with Crippen LogP contribution in [-0.2, 0) is 11.3 Å². The number of carbonyl (C=O) groups excluding carboxylic acids is 1. The molecule has 0 aliphatic carbocycles. The Morgan fingerprint density at radius 2 is 2.06 bits per heavy atom. The van der Waals surface area contributed by atoms with Gasteiger partial charge in [-0.25, -0.2) is 0 Å². The Hall–Kier alpha value is -3.23. The van der Waals surface area contributed by atoms with Crippen molar-refractivity contribution in [3.05, 3.63) is 66.2 Å². The van der Waals surface area contributed by atoms with Gasteiger partial charge in [0.1, 0.15) is 11.3 Å². The third-order valence-corrected chi connectivity index (χ3v) is 5.64. The van der Waals surface area contributed by atoms with Gasteiger partial charge in [0.05, 0.1) is 12.9 Å². The van der Waals surface area contributed by atoms with Crippen LogP contribution in [0.5, 0.6) is 5.75 Å². The lowest BCUT2D eigenvalue weighted by atomic mass is 10.2. The van der Waals surface area contributed by atoms with E-state index in [0.717, 1.165) is 11.1 Å². The van der Waals surface area contributed by atoms with Crippen LogP contribution in [0.1, 0.15) is 0 Å². The van der Waals surface area contributed by atoms with Crippen LogP contribution in [0.4, 0.5) is 5.69 Å². The first kappa shape index (κ1) is 21.0. The lowest BCUT2D eigenvalue weighted by molar-refractivity contribution is -0.113. The number of anilines is 1. The van der Waals surface area contributed by atoms with E-state index in [1.807, 2.05) is 22.8 Å². The molecule has 158 valence electrons. The Labute approximate surface area is 188 Å². The molecule has 0 saturated heterocycles. The Bertz CT molecular complexity index is 1230. The van der Waals surface area contributed by atoms with Gasteiger partial charge in [-0.05, 0) is 48.5 Å². The number of ether oxygens (including phenoxy) is 1. The van der Waals surface area contributed by atoms with Crippen LogP contribution in [0.2, 0.25) is 5.02 Å². The number of allylic oxidation sites excluding steroid dienone is 1. The van der Waals surface area contributed by atoms with E-state index in [4.69, 9.17) is 20.8 Å². The van der Waals surface area contributed by atoms with E-state index in [-0.39, 0.29) is 11.7 Å². The van der Waals surface area contributed by atoms with E-state index in [9.17, 15) is 4.79 Å². The Kier molecular flexibility index (Phi) is 6.29. The minimum atomic E-state index is -0.150. The van der Waals surface area contributed by atoms with Crippen molar-refractivity contribution in [2.45, 2.75) is 11.7 Å². The fourth-order valence-electron chi connectivity index (χ4n) is 3.00. The molecule has 0 atom stereocenters. The molecule has 2 heterocycles. The number of nitrogens with one attached hydrogen (secondary N) is 1. The third kappa shape index (κ3) is 4.76. The van der Waals surface area contributed by atoms with Crippen LogP contribution in [0, 0.1) is 0 Å². The summed E-state index contributed by atoms with van der Waals surface area (Å²) in [5.74, 6) is 1.89. The topological polar surface area (TPSA) is 82.2 Å². The second kappa shape index (κ2) is 9.28. The number of furan rings is 1. The molecule has 0 unspecified atom stereocenters. The molecule has 0 bridgehead atoms. The van der Waals surface area contributed by atoms with Gasteiger partial charge in [0.25, 0.3) is 0 Å². The van der Waals surface area contributed by atoms with Crippen LogP contribution < -0.4 is 10.1 Å². The predicted molar refractivity (Wildman–Crippen MR) is 123 cm³/mol. The molecule has 0 fully saturated rings. The van der Waals surface area contributed by atoms with Crippen LogP contribution in [0.15, 0.2) is 70.8 Å². The van der Waals surface area contributed by atoms with Crippen molar-refractivity contribution < 1.29 is 13.9 Å². The van der Waals surface area contributed by atoms with Gasteiger partial charge in [-0.3, -0.25) is 9.36 Å². The summed E-state index contributed by atoms with van der Waals surface area (Å²) in [6.07, 6.45) is 1.74. The molecule has 0 aliphatic rings. The minimum absolute atomic E-state index is 0.150. The zero-order valence-electron chi connectivity index (χ0n) is 16.7. The highest BCUT2D eigenvalue weighted by Gasteiger charge is 2.18. The molecule has 0 saturated carbocycles. The number of benzene rings is 2. The molecule has 31 heavy (non-hydrogen) atoms. The fourth-order valence-corrected chi connectivity index (χ4v) is 3.93. The average Bonchev–Trinajstić information content (AvgIpc) is 3.36. The number of amides is 1. The van der Waals surface area contributed by atoms with Crippen LogP contribution >= 0.6 is 23.4 Å². The van der Waals surface area contributed by atoms with Gasteiger partial charge in [0.2, 0.25) is 11.7 Å². The highest BCUT2D eigenvalue weighted by atomic mass is 35.5. The number of nitrogens with zero attached hydrogens (tertiary/aromatic N) is 3. The van der Waals surface area contributed by atoms with Crippen molar-refractivity contribution in [3.8, 4) is 17.3 Å². The highest BCUT2D eigenvalue weighted by molar-refractivity contribution is 7.99. The molecule has 4 rings (SSSR count). The number of methoxy groups -OCH3 is 1. The first-order chi connectivity index (χ1) is 15.1. The molecule has 0 aliphatic heterocycles. The first-order valence-corrected chi connectivity index (χ1v) is 10.7. The lowest BCUT2D eigenvalue weighted by Crippen LogP contribution is -2.14. The number of carbonyl (C=O) groups is 1. The summed E-state index contributed by atoms with van der Waals surface area (Å²) in [5, 5.41) is 13.5. The zero-order valence-corrected chi connectivity index (χ0v) is 18.2. The molecule has 7 nitrogen and oxygen atoms in total. The third-order valence-electron chi connectivity index (χ3n) is 4.43. The van der Waals surface area contributed by atoms with Crippen LogP contribution in [0.3, 0.4) is 0 Å². The molecule has 0 radical (unpaired) electrons. The van der Waals surface area contributed by atoms with Crippen molar-refractivity contribution in [2.24, 2.45) is 0 Å². The number of thioether (sulfide) groups is 1. The van der Waals surface area contributed by atoms with E-state index in [0.29, 0.717) is 39.6 Å². The van der Waals surface area contributed by atoms with Crippen molar-refractivity contribution in [3.63, 3.8) is 0 Å². The van der Waals surface area contributed by atoms with Gasteiger partial charge in [0.15, 0.2) is 10.9 Å². The maximum absolute atomic E-state index is 12.4. The second-order valence-electron chi connectivity index (χ2n) is 6.56. The monoisotopic (exact) mass is 454 g/mol. The number of fused-ring (bicyclic) bond motifs is 1. The Morgan fingerprint density at radius 3 is 2.81 bits per heavy atom. The van der Waals surface area contributed by atoms with Crippen LogP contribution in [0.25, 0.3) is 22.6 Å². The van der Waals surface area contributed by atoms with Gasteiger partial charge in [-0.2, -0.15) is 0 Å². The van der Waals surface area contributed by atoms with Gasteiger partial charge >= 0.3 is 0 Å². The van der Waals surface area contributed by atoms with E-state index in [1.54, 1.807) is 43.5 Å². The summed E-state index contributed by atoms with van der Waals surface area (Å²) in [5.41, 5.74) is 1.40. The molecule has 0 spiro atoms. The molecular weight excluding hydrogens is 436 g/mol. The number of hydrogen-bond acceptors (Lipinski definition) is 6. The van der Waals surface area contributed by atoms with Crippen molar-refractivity contribution in [1.82, 2.24) is 14.8 Å². The molecule has 1 amide bonds. The van der Waals surface area contributed by atoms with Crippen molar-refractivity contribution in [2.75, 3.05) is 18.2 Å². The second-order valence-corrected chi connectivity index (χ2v) is 7.94. The smallest absolute Gasteiger partial charge is 0.234 e. The molecule has 4 aromatic rings. The van der Waals surface area contributed by atoms with Gasteiger partial charge in [0, 0.05) is 22.6 Å². The Balaban J connectivity index is 1.49. The van der Waals surface area contributed by atoms with Gasteiger partial charge in [-0.1, -0.05) is 29.4 Å². The number of halogens is 1. The fraction of sp³-hybridized carbons (Fsp3) is 0.136. The summed E-state index contributed by atoms with van der Waals surface area (Å²) < 4.78 is 12.9. The zero-order chi connectivity index (χ0) is 21.8. The molecule has 2 aromatic heterocycles. The molecular formula is C22H19ClN4O3S. The number of aromatic nitrogens is 3. The first-order valence-electron chi connectivity index (χ1n) is 9.37. The maximum atomic E-state index is 12.4. The van der Waals surface area contributed by atoms with Crippen molar-refractivity contribution in [1.29, 1.82) is 0 Å². The Morgan fingerprint density at radius 1 is 1.26 bits per heavy atom. The minimum Gasteiger partial charge on any atom is -0.497 e. The largest absolute Gasteiger partial charge is 0.497 e. The molecule has 9 heteroatoms. The van der Waals surface area contributed by atoms with Gasteiger partial charge < -0.3 is 14.5 Å². The standard InChI is InChI=1S/C22H19ClN4O3S/c1-3-10-27-21(19-12-14-11-15(23)4-9-18(14)30-19)25-26-22(27)31-13-20(28)24-16-5-7-17(29-2)8-6-16/h3-9,11-12H,1,10,13H2,2H3,(H,24,28). The number of hydrogen-bond donors (Lipinski definition) is 1. The van der Waals surface area contributed by atoms with E-state index in [2.05, 4.69) is 22.1 Å². The summed E-state index contributed by atoms with van der Waals surface area (Å²) >= 11 is 7.36. The molecule has 1 N–H and O–H groups in total. The van der Waals surface area contributed by atoms with Gasteiger partial charge in [-0.15, -0.1) is 16.8 Å². The van der Waals surface area contributed by atoms with E-state index >= 15 is 0 Å². The predicted octanol–water partition coefficient (Wildman–Crippen LogP) is 5.27. The quantitative estimate of drug-likeness (QED) is 0.288.